The molecule has 124 valence electrons. The van der Waals surface area contributed by atoms with E-state index in [1.165, 1.54) is 24.1 Å². The van der Waals surface area contributed by atoms with Gasteiger partial charge >= 0.3 is 5.97 Å². The van der Waals surface area contributed by atoms with Crippen LogP contribution >= 0.6 is 15.9 Å². The van der Waals surface area contributed by atoms with E-state index < -0.39 is 17.7 Å². The van der Waals surface area contributed by atoms with E-state index in [0.717, 1.165) is 5.56 Å². The summed E-state index contributed by atoms with van der Waals surface area (Å²) in [6, 6.07) is 4.53. The number of rotatable bonds is 6. The van der Waals surface area contributed by atoms with Crippen LogP contribution in [0.15, 0.2) is 29.5 Å². The van der Waals surface area contributed by atoms with Crippen LogP contribution in [0.5, 0.6) is 0 Å². The monoisotopic (exact) mass is 386 g/mol. The third kappa shape index (κ3) is 3.70. The van der Waals surface area contributed by atoms with Gasteiger partial charge < -0.3 is 20.1 Å². The standard InChI is InChI=1S/C15H16BrFN2O4/c1-23-15(22)10-8-19(4-5-20)14(21)13(10)18-12-3-2-9(7-16)6-11(12)17/h2-3,6,18,20H,4-5,7-8H2,1H3. The van der Waals surface area contributed by atoms with E-state index in [1.54, 1.807) is 6.07 Å². The van der Waals surface area contributed by atoms with E-state index in [0.29, 0.717) is 5.33 Å². The van der Waals surface area contributed by atoms with Crippen LogP contribution in [0.4, 0.5) is 10.1 Å². The Morgan fingerprint density at radius 3 is 2.83 bits per heavy atom. The largest absolute Gasteiger partial charge is 0.466 e. The third-order valence-electron chi connectivity index (χ3n) is 3.40. The highest BCUT2D eigenvalue weighted by Crippen LogP contribution is 2.25. The van der Waals surface area contributed by atoms with E-state index in [-0.39, 0.29) is 36.7 Å². The summed E-state index contributed by atoms with van der Waals surface area (Å²) in [7, 11) is 1.21. The molecule has 0 saturated carbocycles. The molecule has 1 aliphatic rings. The number of benzene rings is 1. The summed E-state index contributed by atoms with van der Waals surface area (Å²) in [5.74, 6) is -1.69. The second kappa shape index (κ2) is 7.56. The summed E-state index contributed by atoms with van der Waals surface area (Å²) in [6.07, 6.45) is 0. The molecule has 1 heterocycles. The minimum absolute atomic E-state index is 0.00943. The van der Waals surface area contributed by atoms with Crippen molar-refractivity contribution in [2.75, 3.05) is 32.1 Å². The highest BCUT2D eigenvalue weighted by Gasteiger charge is 2.34. The topological polar surface area (TPSA) is 78.9 Å². The van der Waals surface area contributed by atoms with Crippen LogP contribution in [0.3, 0.4) is 0 Å². The number of alkyl halides is 1. The molecule has 1 amide bonds. The summed E-state index contributed by atoms with van der Waals surface area (Å²) < 4.78 is 18.8. The Labute approximate surface area is 141 Å². The normalized spacial score (nSPS) is 14.4. The second-order valence-electron chi connectivity index (χ2n) is 4.87. The molecular formula is C15H16BrFN2O4. The second-order valence-corrected chi connectivity index (χ2v) is 5.43. The summed E-state index contributed by atoms with van der Waals surface area (Å²) in [4.78, 5) is 25.4. The fraction of sp³-hybridized carbons (Fsp3) is 0.333. The van der Waals surface area contributed by atoms with Crippen LogP contribution in [0, 0.1) is 5.82 Å². The maximum absolute atomic E-state index is 14.1. The fourth-order valence-electron chi connectivity index (χ4n) is 2.23. The maximum Gasteiger partial charge on any atom is 0.337 e. The quantitative estimate of drug-likeness (QED) is 0.570. The van der Waals surface area contributed by atoms with Crippen molar-refractivity contribution < 1.29 is 23.8 Å². The number of methoxy groups -OCH3 is 1. The van der Waals surface area contributed by atoms with Gasteiger partial charge in [0, 0.05) is 11.9 Å². The highest BCUT2D eigenvalue weighted by atomic mass is 79.9. The number of halogens is 2. The fourth-order valence-corrected chi connectivity index (χ4v) is 2.58. The Morgan fingerprint density at radius 1 is 1.52 bits per heavy atom. The Bertz CT molecular complexity index is 663. The van der Waals surface area contributed by atoms with Gasteiger partial charge in [-0.25, -0.2) is 9.18 Å². The average molecular weight is 387 g/mol. The molecule has 0 spiro atoms. The van der Waals surface area contributed by atoms with Crippen LogP contribution in [-0.2, 0) is 19.7 Å². The SMILES string of the molecule is COC(=O)C1=C(Nc2ccc(CBr)cc2F)C(=O)N(CCO)C1. The summed E-state index contributed by atoms with van der Waals surface area (Å²) in [5.41, 5.74) is 0.908. The smallest absolute Gasteiger partial charge is 0.337 e. The van der Waals surface area contributed by atoms with Crippen molar-refractivity contribution in [1.29, 1.82) is 0 Å². The van der Waals surface area contributed by atoms with Crippen molar-refractivity contribution in [2.24, 2.45) is 0 Å². The molecule has 0 fully saturated rings. The number of anilines is 1. The van der Waals surface area contributed by atoms with Crippen LogP contribution in [0.2, 0.25) is 0 Å². The van der Waals surface area contributed by atoms with Gasteiger partial charge in [-0.1, -0.05) is 22.0 Å². The number of aliphatic hydroxyl groups excluding tert-OH is 1. The minimum Gasteiger partial charge on any atom is -0.466 e. The number of aliphatic hydroxyl groups is 1. The molecule has 6 nitrogen and oxygen atoms in total. The zero-order chi connectivity index (χ0) is 17.0. The molecule has 0 saturated heterocycles. The third-order valence-corrected chi connectivity index (χ3v) is 4.05. The first-order valence-electron chi connectivity index (χ1n) is 6.84. The Balaban J connectivity index is 2.33. The van der Waals surface area contributed by atoms with E-state index in [9.17, 15) is 14.0 Å². The number of ether oxygens (including phenoxy) is 1. The zero-order valence-corrected chi connectivity index (χ0v) is 14.0. The number of amides is 1. The predicted octanol–water partition coefficient (Wildman–Crippen LogP) is 1.39. The molecule has 0 atom stereocenters. The molecule has 0 radical (unpaired) electrons. The first kappa shape index (κ1) is 17.4. The predicted molar refractivity (Wildman–Crippen MR) is 85.4 cm³/mol. The lowest BCUT2D eigenvalue weighted by molar-refractivity contribution is -0.136. The molecule has 8 heteroatoms. The highest BCUT2D eigenvalue weighted by molar-refractivity contribution is 9.08. The molecular weight excluding hydrogens is 371 g/mol. The maximum atomic E-state index is 14.1. The first-order valence-corrected chi connectivity index (χ1v) is 7.97. The van der Waals surface area contributed by atoms with Crippen molar-refractivity contribution >= 4 is 33.5 Å². The van der Waals surface area contributed by atoms with Crippen LogP contribution in [0.25, 0.3) is 0 Å². The molecule has 0 bridgehead atoms. The summed E-state index contributed by atoms with van der Waals surface area (Å²) >= 11 is 3.23. The van der Waals surface area contributed by atoms with Crippen LogP contribution < -0.4 is 5.32 Å². The molecule has 2 N–H and O–H groups in total. The summed E-state index contributed by atoms with van der Waals surface area (Å²) in [5, 5.41) is 12.2. The van der Waals surface area contributed by atoms with E-state index in [1.807, 2.05) is 0 Å². The molecule has 1 aromatic rings. The number of β-amino-alcohol motifs (C(OH)–C–C–N with tert-alkyl or cyclic N) is 1. The van der Waals surface area contributed by atoms with Gasteiger partial charge in [-0.05, 0) is 17.7 Å². The zero-order valence-electron chi connectivity index (χ0n) is 12.4. The van der Waals surface area contributed by atoms with Crippen LogP contribution in [-0.4, -0.2) is 48.7 Å². The Hall–Kier alpha value is -1.93. The molecule has 1 aliphatic heterocycles. The van der Waals surface area contributed by atoms with Gasteiger partial charge in [-0.2, -0.15) is 0 Å². The number of nitrogens with one attached hydrogen (secondary N) is 1. The van der Waals surface area contributed by atoms with Crippen molar-refractivity contribution in [3.05, 3.63) is 40.8 Å². The lowest BCUT2D eigenvalue weighted by Crippen LogP contribution is -2.31. The molecule has 0 aromatic heterocycles. The van der Waals surface area contributed by atoms with Gasteiger partial charge in [0.05, 0.1) is 31.5 Å². The van der Waals surface area contributed by atoms with Gasteiger partial charge in [0.25, 0.3) is 5.91 Å². The number of hydrogen-bond acceptors (Lipinski definition) is 5. The lowest BCUT2D eigenvalue weighted by atomic mass is 10.2. The number of nitrogens with zero attached hydrogens (tertiary/aromatic N) is 1. The van der Waals surface area contributed by atoms with Gasteiger partial charge in [0.2, 0.25) is 0 Å². The molecule has 23 heavy (non-hydrogen) atoms. The van der Waals surface area contributed by atoms with Crippen molar-refractivity contribution in [1.82, 2.24) is 4.90 Å². The Morgan fingerprint density at radius 2 is 2.26 bits per heavy atom. The van der Waals surface area contributed by atoms with Crippen molar-refractivity contribution in [2.45, 2.75) is 5.33 Å². The minimum atomic E-state index is -0.668. The van der Waals surface area contributed by atoms with Gasteiger partial charge in [-0.3, -0.25) is 4.79 Å². The number of carbonyl (C=O) groups excluding carboxylic acids is 2. The number of carbonyl (C=O) groups is 2. The average Bonchev–Trinajstić information content (AvgIpc) is 2.85. The van der Waals surface area contributed by atoms with E-state index in [2.05, 4.69) is 26.0 Å². The first-order chi connectivity index (χ1) is 11.0. The van der Waals surface area contributed by atoms with Crippen LogP contribution in [0.1, 0.15) is 5.56 Å². The van der Waals surface area contributed by atoms with Crippen molar-refractivity contribution in [3.8, 4) is 0 Å². The van der Waals surface area contributed by atoms with Gasteiger partial charge in [0.1, 0.15) is 11.5 Å². The van der Waals surface area contributed by atoms with Crippen molar-refractivity contribution in [3.63, 3.8) is 0 Å². The van der Waals surface area contributed by atoms with E-state index in [4.69, 9.17) is 5.11 Å². The molecule has 0 aliphatic carbocycles. The van der Waals surface area contributed by atoms with E-state index >= 15 is 0 Å². The molecule has 0 unspecified atom stereocenters. The summed E-state index contributed by atoms with van der Waals surface area (Å²) in [6.45, 7) is -0.146. The lowest BCUT2D eigenvalue weighted by Gasteiger charge is -2.15. The van der Waals surface area contributed by atoms with Gasteiger partial charge in [-0.15, -0.1) is 0 Å². The Kier molecular flexibility index (Phi) is 5.73. The van der Waals surface area contributed by atoms with Gasteiger partial charge in [0.15, 0.2) is 0 Å². The molecule has 2 rings (SSSR count). The number of esters is 1. The molecule has 1 aromatic carbocycles. The number of hydrogen-bond donors (Lipinski definition) is 2.